The predicted octanol–water partition coefficient (Wildman–Crippen LogP) is 2.03. The van der Waals surface area contributed by atoms with Gasteiger partial charge >= 0.3 is 0 Å². The molecule has 2 heterocycles. The zero-order chi connectivity index (χ0) is 13.4. The number of hydrogen-bond donors (Lipinski definition) is 2. The number of carbonyl (C=O) groups excluding carboxylic acids is 1. The van der Waals surface area contributed by atoms with Crippen molar-refractivity contribution in [2.45, 2.75) is 6.92 Å². The van der Waals surface area contributed by atoms with Gasteiger partial charge in [0.15, 0.2) is 5.82 Å². The molecule has 0 unspecified atom stereocenters. The van der Waals surface area contributed by atoms with E-state index < -0.39 is 5.91 Å². The lowest BCUT2D eigenvalue weighted by molar-refractivity contribution is 0.0995. The molecule has 1 aromatic carbocycles. The summed E-state index contributed by atoms with van der Waals surface area (Å²) < 4.78 is 0. The molecule has 2 aromatic heterocycles. The number of primary amides is 1. The number of H-pyrrole nitrogens is 1. The molecule has 3 rings (SSSR count). The summed E-state index contributed by atoms with van der Waals surface area (Å²) in [5.74, 6) is -0.0435. The fourth-order valence-electron chi connectivity index (χ4n) is 2.02. The molecule has 5 nitrogen and oxygen atoms in total. The number of carbonyl (C=O) groups is 1. The summed E-state index contributed by atoms with van der Waals surface area (Å²) in [6.45, 7) is 1.76. The Balaban J connectivity index is 2.15. The van der Waals surface area contributed by atoms with E-state index in [0.29, 0.717) is 11.4 Å². The Labute approximate surface area is 109 Å². The number of aryl methyl sites for hydroxylation is 1. The van der Waals surface area contributed by atoms with Crippen LogP contribution in [0.5, 0.6) is 0 Å². The molecule has 3 aromatic rings. The summed E-state index contributed by atoms with van der Waals surface area (Å²) in [7, 11) is 0. The highest BCUT2D eigenvalue weighted by Crippen LogP contribution is 2.21. The normalized spacial score (nSPS) is 10.8. The van der Waals surface area contributed by atoms with Crippen molar-refractivity contribution in [3.05, 3.63) is 47.9 Å². The molecule has 0 saturated heterocycles. The molecular weight excluding hydrogens is 240 g/mol. The van der Waals surface area contributed by atoms with Gasteiger partial charge in [-0.1, -0.05) is 12.1 Å². The number of nitrogens with zero attached hydrogens (tertiary/aromatic N) is 2. The third-order valence-electron chi connectivity index (χ3n) is 3.02. The van der Waals surface area contributed by atoms with Crippen molar-refractivity contribution >= 4 is 16.8 Å². The Morgan fingerprint density at radius 3 is 2.95 bits per heavy atom. The monoisotopic (exact) mass is 252 g/mol. The first-order valence-corrected chi connectivity index (χ1v) is 5.86. The SMILES string of the molecule is Cc1cnc(-c2ccc3cc[nH]c3c2)nc1C(N)=O. The van der Waals surface area contributed by atoms with Gasteiger partial charge in [-0.05, 0) is 30.0 Å². The topological polar surface area (TPSA) is 84.7 Å². The van der Waals surface area contributed by atoms with E-state index in [1.54, 1.807) is 13.1 Å². The summed E-state index contributed by atoms with van der Waals surface area (Å²) in [6, 6.07) is 7.84. The van der Waals surface area contributed by atoms with E-state index in [2.05, 4.69) is 15.0 Å². The van der Waals surface area contributed by atoms with Gasteiger partial charge in [-0.15, -0.1) is 0 Å². The van der Waals surface area contributed by atoms with Crippen LogP contribution in [-0.2, 0) is 0 Å². The second-order valence-electron chi connectivity index (χ2n) is 4.37. The highest BCUT2D eigenvalue weighted by Gasteiger charge is 2.10. The van der Waals surface area contributed by atoms with Crippen molar-refractivity contribution in [1.29, 1.82) is 0 Å². The Hall–Kier alpha value is -2.69. The van der Waals surface area contributed by atoms with Crippen LogP contribution in [0.4, 0.5) is 0 Å². The molecule has 1 amide bonds. The zero-order valence-corrected chi connectivity index (χ0v) is 10.3. The van der Waals surface area contributed by atoms with Crippen LogP contribution in [-0.4, -0.2) is 20.9 Å². The maximum atomic E-state index is 11.3. The number of rotatable bonds is 2. The van der Waals surface area contributed by atoms with Crippen molar-refractivity contribution in [2.75, 3.05) is 0 Å². The summed E-state index contributed by atoms with van der Waals surface area (Å²) in [4.78, 5) is 22.9. The lowest BCUT2D eigenvalue weighted by Crippen LogP contribution is -2.15. The Bertz CT molecular complexity index is 776. The van der Waals surface area contributed by atoms with Crippen LogP contribution in [0.3, 0.4) is 0 Å². The Morgan fingerprint density at radius 2 is 2.16 bits per heavy atom. The standard InChI is InChI=1S/C14H12N4O/c1-8-7-17-14(18-12(8)13(15)19)10-3-2-9-4-5-16-11(9)6-10/h2-7,16H,1H3,(H2,15,19). The number of fused-ring (bicyclic) bond motifs is 1. The second-order valence-corrected chi connectivity index (χ2v) is 4.37. The molecule has 0 aliphatic carbocycles. The maximum Gasteiger partial charge on any atom is 0.267 e. The van der Waals surface area contributed by atoms with E-state index in [1.165, 1.54) is 0 Å². The van der Waals surface area contributed by atoms with Gasteiger partial charge in [-0.25, -0.2) is 9.97 Å². The van der Waals surface area contributed by atoms with Crippen LogP contribution >= 0.6 is 0 Å². The lowest BCUT2D eigenvalue weighted by Gasteiger charge is -2.04. The van der Waals surface area contributed by atoms with Gasteiger partial charge in [0, 0.05) is 23.5 Å². The smallest absolute Gasteiger partial charge is 0.267 e. The number of aromatic amines is 1. The van der Waals surface area contributed by atoms with E-state index >= 15 is 0 Å². The third-order valence-corrected chi connectivity index (χ3v) is 3.02. The quantitative estimate of drug-likeness (QED) is 0.731. The fraction of sp³-hybridized carbons (Fsp3) is 0.0714. The molecule has 0 fully saturated rings. The molecule has 5 heteroatoms. The minimum atomic E-state index is -0.540. The van der Waals surface area contributed by atoms with Crippen molar-refractivity contribution in [2.24, 2.45) is 5.73 Å². The van der Waals surface area contributed by atoms with Gasteiger partial charge in [-0.3, -0.25) is 4.79 Å². The van der Waals surface area contributed by atoms with Crippen LogP contribution < -0.4 is 5.73 Å². The molecule has 0 spiro atoms. The van der Waals surface area contributed by atoms with Gasteiger partial charge in [0.2, 0.25) is 0 Å². The van der Waals surface area contributed by atoms with Crippen LogP contribution in [0.2, 0.25) is 0 Å². The highest BCUT2D eigenvalue weighted by molar-refractivity contribution is 5.92. The van der Waals surface area contributed by atoms with E-state index in [0.717, 1.165) is 16.5 Å². The molecule has 0 aliphatic heterocycles. The van der Waals surface area contributed by atoms with E-state index in [9.17, 15) is 4.79 Å². The summed E-state index contributed by atoms with van der Waals surface area (Å²) in [6.07, 6.45) is 3.49. The molecule has 0 atom stereocenters. The van der Waals surface area contributed by atoms with Crippen LogP contribution in [0, 0.1) is 6.92 Å². The van der Waals surface area contributed by atoms with Gasteiger partial charge in [0.05, 0.1) is 0 Å². The molecule has 19 heavy (non-hydrogen) atoms. The Morgan fingerprint density at radius 1 is 1.32 bits per heavy atom. The van der Waals surface area contributed by atoms with Crippen LogP contribution in [0.1, 0.15) is 16.1 Å². The molecule has 0 radical (unpaired) electrons. The molecule has 3 N–H and O–H groups in total. The Kier molecular flexibility index (Phi) is 2.52. The molecule has 94 valence electrons. The average molecular weight is 252 g/mol. The maximum absolute atomic E-state index is 11.3. The minimum absolute atomic E-state index is 0.261. The zero-order valence-electron chi connectivity index (χ0n) is 10.3. The van der Waals surface area contributed by atoms with Gasteiger partial charge in [0.1, 0.15) is 5.69 Å². The van der Waals surface area contributed by atoms with Gasteiger partial charge in [0.25, 0.3) is 5.91 Å². The van der Waals surface area contributed by atoms with Crippen LogP contribution in [0.15, 0.2) is 36.7 Å². The van der Waals surface area contributed by atoms with E-state index in [1.807, 2.05) is 30.5 Å². The second kappa shape index (κ2) is 4.20. The van der Waals surface area contributed by atoms with Gasteiger partial charge in [-0.2, -0.15) is 0 Å². The number of nitrogens with two attached hydrogens (primary N) is 1. The van der Waals surface area contributed by atoms with E-state index in [4.69, 9.17) is 5.73 Å². The lowest BCUT2D eigenvalue weighted by atomic mass is 10.1. The molecular formula is C14H12N4O. The summed E-state index contributed by atoms with van der Waals surface area (Å²) >= 11 is 0. The van der Waals surface area contributed by atoms with Crippen molar-refractivity contribution in [3.63, 3.8) is 0 Å². The number of amides is 1. The number of hydrogen-bond acceptors (Lipinski definition) is 3. The van der Waals surface area contributed by atoms with Crippen molar-refractivity contribution in [3.8, 4) is 11.4 Å². The minimum Gasteiger partial charge on any atom is -0.364 e. The predicted molar refractivity (Wildman–Crippen MR) is 72.6 cm³/mol. The van der Waals surface area contributed by atoms with Crippen LogP contribution in [0.25, 0.3) is 22.3 Å². The first-order valence-electron chi connectivity index (χ1n) is 5.86. The first kappa shape index (κ1) is 11.4. The molecule has 0 bridgehead atoms. The summed E-state index contributed by atoms with van der Waals surface area (Å²) in [5, 5.41) is 1.12. The number of aromatic nitrogens is 3. The third kappa shape index (κ3) is 1.95. The van der Waals surface area contributed by atoms with E-state index in [-0.39, 0.29) is 5.69 Å². The number of benzene rings is 1. The first-order chi connectivity index (χ1) is 9.15. The average Bonchev–Trinajstić information content (AvgIpc) is 2.86. The summed E-state index contributed by atoms with van der Waals surface area (Å²) in [5.41, 5.74) is 8.09. The van der Waals surface area contributed by atoms with Crippen molar-refractivity contribution in [1.82, 2.24) is 15.0 Å². The van der Waals surface area contributed by atoms with Gasteiger partial charge < -0.3 is 10.7 Å². The van der Waals surface area contributed by atoms with Crippen molar-refractivity contribution < 1.29 is 4.79 Å². The molecule has 0 saturated carbocycles. The molecule has 0 aliphatic rings. The largest absolute Gasteiger partial charge is 0.364 e. The fourth-order valence-corrected chi connectivity index (χ4v) is 2.02. The highest BCUT2D eigenvalue weighted by atomic mass is 16.1. The number of nitrogens with one attached hydrogen (secondary N) is 1.